The molecule has 0 atom stereocenters. The highest BCUT2D eigenvalue weighted by atomic mass is 16.3. The van der Waals surface area contributed by atoms with Gasteiger partial charge in [-0.15, -0.1) is 0 Å². The van der Waals surface area contributed by atoms with Crippen molar-refractivity contribution in [2.45, 2.75) is 27.2 Å². The molecule has 0 aliphatic carbocycles. The molecule has 0 saturated carbocycles. The van der Waals surface area contributed by atoms with Gasteiger partial charge in [0.05, 0.1) is 5.76 Å². The molecule has 1 rings (SSSR count). The summed E-state index contributed by atoms with van der Waals surface area (Å²) in [5, 5.41) is 9.31. The van der Waals surface area contributed by atoms with Crippen molar-refractivity contribution in [2.24, 2.45) is 0 Å². The van der Waals surface area contributed by atoms with E-state index in [0.29, 0.717) is 12.2 Å². The SMILES string of the molecule is CCC(=O)c1ccc(C(C)=C(C)O)cc1. The van der Waals surface area contributed by atoms with E-state index in [4.69, 9.17) is 0 Å². The molecule has 0 aliphatic rings. The van der Waals surface area contributed by atoms with Gasteiger partial charge in [0.25, 0.3) is 0 Å². The molecule has 0 fully saturated rings. The Morgan fingerprint density at radius 1 is 1.13 bits per heavy atom. The van der Waals surface area contributed by atoms with Crippen molar-refractivity contribution in [1.29, 1.82) is 0 Å². The van der Waals surface area contributed by atoms with Crippen LogP contribution < -0.4 is 0 Å². The first-order valence-corrected chi connectivity index (χ1v) is 5.06. The summed E-state index contributed by atoms with van der Waals surface area (Å²) in [6.45, 7) is 5.35. The Labute approximate surface area is 90.3 Å². The summed E-state index contributed by atoms with van der Waals surface area (Å²) < 4.78 is 0. The van der Waals surface area contributed by atoms with Crippen LogP contribution in [0.1, 0.15) is 43.1 Å². The molecule has 0 unspecified atom stereocenters. The molecule has 2 nitrogen and oxygen atoms in total. The molecule has 2 heteroatoms. The van der Waals surface area contributed by atoms with E-state index in [2.05, 4.69) is 0 Å². The van der Waals surface area contributed by atoms with Crippen molar-refractivity contribution in [3.8, 4) is 0 Å². The smallest absolute Gasteiger partial charge is 0.162 e. The van der Waals surface area contributed by atoms with E-state index in [1.54, 1.807) is 19.1 Å². The lowest BCUT2D eigenvalue weighted by Gasteiger charge is -2.04. The largest absolute Gasteiger partial charge is 0.512 e. The summed E-state index contributed by atoms with van der Waals surface area (Å²) in [6.07, 6.45) is 0.521. The van der Waals surface area contributed by atoms with Crippen LogP contribution >= 0.6 is 0 Å². The molecule has 0 radical (unpaired) electrons. The first kappa shape index (κ1) is 11.5. The van der Waals surface area contributed by atoms with Crippen LogP contribution in [0.25, 0.3) is 5.57 Å². The van der Waals surface area contributed by atoms with Gasteiger partial charge in [-0.2, -0.15) is 0 Å². The molecule has 1 aromatic rings. The highest BCUT2D eigenvalue weighted by molar-refractivity contribution is 5.96. The molecule has 80 valence electrons. The van der Waals surface area contributed by atoms with Crippen LogP contribution in [0.3, 0.4) is 0 Å². The van der Waals surface area contributed by atoms with Gasteiger partial charge >= 0.3 is 0 Å². The van der Waals surface area contributed by atoms with Crippen molar-refractivity contribution in [3.05, 3.63) is 41.2 Å². The number of benzene rings is 1. The number of hydrogen-bond acceptors (Lipinski definition) is 2. The minimum Gasteiger partial charge on any atom is -0.512 e. The number of hydrogen-bond donors (Lipinski definition) is 1. The molecule has 0 amide bonds. The Hall–Kier alpha value is -1.57. The molecule has 0 aromatic heterocycles. The minimum absolute atomic E-state index is 0.143. The molecule has 0 aliphatic heterocycles. The average molecular weight is 204 g/mol. The quantitative estimate of drug-likeness (QED) is 0.603. The number of rotatable bonds is 3. The van der Waals surface area contributed by atoms with E-state index in [1.165, 1.54) is 0 Å². The second kappa shape index (κ2) is 4.78. The second-order valence-corrected chi connectivity index (χ2v) is 3.56. The van der Waals surface area contributed by atoms with E-state index in [-0.39, 0.29) is 5.78 Å². The summed E-state index contributed by atoms with van der Waals surface area (Å²) in [6, 6.07) is 7.32. The monoisotopic (exact) mass is 204 g/mol. The molecule has 15 heavy (non-hydrogen) atoms. The molecule has 0 saturated heterocycles. The van der Waals surface area contributed by atoms with Crippen LogP contribution in [0, 0.1) is 0 Å². The van der Waals surface area contributed by atoms with Crippen LogP contribution in [0.2, 0.25) is 0 Å². The van der Waals surface area contributed by atoms with Crippen molar-refractivity contribution >= 4 is 11.4 Å². The molecule has 0 spiro atoms. The zero-order valence-electron chi connectivity index (χ0n) is 9.37. The average Bonchev–Trinajstić information content (AvgIpc) is 2.27. The summed E-state index contributed by atoms with van der Waals surface area (Å²) in [4.78, 5) is 11.4. The van der Waals surface area contributed by atoms with Crippen LogP contribution in [0.5, 0.6) is 0 Å². The topological polar surface area (TPSA) is 37.3 Å². The van der Waals surface area contributed by atoms with Gasteiger partial charge in [0.1, 0.15) is 0 Å². The molecule has 1 N–H and O–H groups in total. The third kappa shape index (κ3) is 2.69. The van der Waals surface area contributed by atoms with Gasteiger partial charge in [-0.3, -0.25) is 4.79 Å². The van der Waals surface area contributed by atoms with Gasteiger partial charge in [0, 0.05) is 12.0 Å². The van der Waals surface area contributed by atoms with Crippen LogP contribution in [0.15, 0.2) is 30.0 Å². The lowest BCUT2D eigenvalue weighted by atomic mass is 10.0. The normalized spacial score (nSPS) is 12.2. The van der Waals surface area contributed by atoms with Crippen molar-refractivity contribution < 1.29 is 9.90 Å². The fourth-order valence-electron chi connectivity index (χ4n) is 1.32. The fraction of sp³-hybridized carbons (Fsp3) is 0.308. The maximum Gasteiger partial charge on any atom is 0.162 e. The van der Waals surface area contributed by atoms with E-state index >= 15 is 0 Å². The minimum atomic E-state index is 0.143. The van der Waals surface area contributed by atoms with Crippen LogP contribution in [-0.4, -0.2) is 10.9 Å². The van der Waals surface area contributed by atoms with Gasteiger partial charge in [0.2, 0.25) is 0 Å². The van der Waals surface area contributed by atoms with E-state index in [0.717, 1.165) is 16.7 Å². The lowest BCUT2D eigenvalue weighted by Crippen LogP contribution is -1.96. The fourth-order valence-corrected chi connectivity index (χ4v) is 1.32. The number of Topliss-reactive ketones (excluding diaryl/α,β-unsaturated/α-hetero) is 1. The number of carbonyl (C=O) groups excluding carboxylic acids is 1. The standard InChI is InChI=1S/C13H16O2/c1-4-13(15)12-7-5-11(6-8-12)9(2)10(3)14/h5-8,14H,4H2,1-3H3. The number of aliphatic hydroxyl groups excluding tert-OH is 1. The molecule has 1 aromatic carbocycles. The van der Waals surface area contributed by atoms with Gasteiger partial charge in [0.15, 0.2) is 5.78 Å². The zero-order valence-corrected chi connectivity index (χ0v) is 9.37. The summed E-state index contributed by atoms with van der Waals surface area (Å²) >= 11 is 0. The third-order valence-corrected chi connectivity index (χ3v) is 2.50. The zero-order chi connectivity index (χ0) is 11.4. The van der Waals surface area contributed by atoms with Gasteiger partial charge in [-0.25, -0.2) is 0 Å². The van der Waals surface area contributed by atoms with Crippen LogP contribution in [-0.2, 0) is 0 Å². The van der Waals surface area contributed by atoms with Gasteiger partial charge < -0.3 is 5.11 Å². The van der Waals surface area contributed by atoms with Gasteiger partial charge in [-0.05, 0) is 25.0 Å². The highest BCUT2D eigenvalue weighted by Gasteiger charge is 2.04. The van der Waals surface area contributed by atoms with Crippen molar-refractivity contribution in [1.82, 2.24) is 0 Å². The first-order chi connectivity index (χ1) is 7.06. The number of aliphatic hydroxyl groups is 1. The maximum atomic E-state index is 11.4. The maximum absolute atomic E-state index is 11.4. The van der Waals surface area contributed by atoms with Crippen LogP contribution in [0.4, 0.5) is 0 Å². The van der Waals surface area contributed by atoms with E-state index < -0.39 is 0 Å². The third-order valence-electron chi connectivity index (χ3n) is 2.50. The second-order valence-electron chi connectivity index (χ2n) is 3.56. The van der Waals surface area contributed by atoms with Crippen molar-refractivity contribution in [2.75, 3.05) is 0 Å². The Kier molecular flexibility index (Phi) is 3.67. The molecule has 0 bridgehead atoms. The predicted molar refractivity (Wildman–Crippen MR) is 62.0 cm³/mol. The summed E-state index contributed by atoms with van der Waals surface area (Å²) in [5.74, 6) is 0.452. The number of ketones is 1. The predicted octanol–water partition coefficient (Wildman–Crippen LogP) is 3.59. The molecular formula is C13H16O2. The molecule has 0 heterocycles. The first-order valence-electron chi connectivity index (χ1n) is 5.06. The van der Waals surface area contributed by atoms with Crippen molar-refractivity contribution in [3.63, 3.8) is 0 Å². The Bertz CT molecular complexity index is 382. The highest BCUT2D eigenvalue weighted by Crippen LogP contribution is 2.17. The van der Waals surface area contributed by atoms with E-state index in [1.807, 2.05) is 26.0 Å². The molecular weight excluding hydrogens is 188 g/mol. The number of carbonyl (C=O) groups is 1. The lowest BCUT2D eigenvalue weighted by molar-refractivity contribution is 0.0988. The summed E-state index contributed by atoms with van der Waals surface area (Å²) in [7, 11) is 0. The Balaban J connectivity index is 3.01. The summed E-state index contributed by atoms with van der Waals surface area (Å²) in [5.41, 5.74) is 2.51. The van der Waals surface area contributed by atoms with Gasteiger partial charge in [-0.1, -0.05) is 31.2 Å². The Morgan fingerprint density at radius 2 is 1.60 bits per heavy atom. The van der Waals surface area contributed by atoms with E-state index in [9.17, 15) is 9.90 Å². The number of allylic oxidation sites excluding steroid dienone is 2. The Morgan fingerprint density at radius 3 is 2.00 bits per heavy atom.